The maximum absolute atomic E-state index is 10.7. The van der Waals surface area contributed by atoms with Crippen molar-refractivity contribution in [1.82, 2.24) is 9.78 Å². The summed E-state index contributed by atoms with van der Waals surface area (Å²) in [6, 6.07) is 1.20. The van der Waals surface area contributed by atoms with Crippen molar-refractivity contribution in [2.45, 2.75) is 19.4 Å². The molecule has 1 aromatic heterocycles. The van der Waals surface area contributed by atoms with Gasteiger partial charge in [-0.3, -0.25) is 4.68 Å². The van der Waals surface area contributed by atoms with Crippen LogP contribution in [0, 0.1) is 0 Å². The van der Waals surface area contributed by atoms with Crippen LogP contribution in [0.25, 0.3) is 0 Å². The molecule has 0 aliphatic heterocycles. The average Bonchev–Trinajstić information content (AvgIpc) is 2.46. The molecule has 0 bridgehead atoms. The molecule has 1 heterocycles. The van der Waals surface area contributed by atoms with Crippen LogP contribution in [0.4, 0.5) is 5.82 Å². The van der Waals surface area contributed by atoms with E-state index in [-0.39, 0.29) is 0 Å². The summed E-state index contributed by atoms with van der Waals surface area (Å²) in [7, 11) is 1.76. The van der Waals surface area contributed by atoms with E-state index in [4.69, 9.17) is 5.11 Å². The molecule has 72 valence electrons. The fourth-order valence-electron chi connectivity index (χ4n) is 1.03. The van der Waals surface area contributed by atoms with Crippen LogP contribution in [0.2, 0.25) is 0 Å². The minimum absolute atomic E-state index is 0.542. The molecule has 1 unspecified atom stereocenters. The van der Waals surface area contributed by atoms with Crippen molar-refractivity contribution in [2.24, 2.45) is 7.05 Å². The first-order chi connectivity index (χ1) is 6.15. The van der Waals surface area contributed by atoms with E-state index in [1.165, 1.54) is 0 Å². The molecule has 5 nitrogen and oxygen atoms in total. The summed E-state index contributed by atoms with van der Waals surface area (Å²) in [4.78, 5) is 10.7. The molecular formula is C8H13N3O2. The van der Waals surface area contributed by atoms with Crippen molar-refractivity contribution >= 4 is 11.8 Å². The molecule has 0 aromatic carbocycles. The second-order valence-electron chi connectivity index (χ2n) is 2.78. The highest BCUT2D eigenvalue weighted by Crippen LogP contribution is 2.07. The normalized spacial score (nSPS) is 12.5. The van der Waals surface area contributed by atoms with E-state index in [2.05, 4.69) is 10.4 Å². The van der Waals surface area contributed by atoms with Gasteiger partial charge in [-0.15, -0.1) is 0 Å². The van der Waals surface area contributed by atoms with Crippen molar-refractivity contribution < 1.29 is 9.90 Å². The summed E-state index contributed by atoms with van der Waals surface area (Å²) >= 11 is 0. The van der Waals surface area contributed by atoms with Crippen LogP contribution in [0.15, 0.2) is 12.3 Å². The molecule has 0 saturated carbocycles. The van der Waals surface area contributed by atoms with Gasteiger partial charge in [-0.05, 0) is 6.42 Å². The highest BCUT2D eigenvalue weighted by Gasteiger charge is 2.15. The number of carboxylic acid groups (broad SMARTS) is 1. The Kier molecular flexibility index (Phi) is 2.89. The van der Waals surface area contributed by atoms with Crippen molar-refractivity contribution in [3.05, 3.63) is 12.3 Å². The number of carboxylic acids is 1. The number of aliphatic carboxylic acids is 1. The Morgan fingerprint density at radius 1 is 1.85 bits per heavy atom. The number of hydrogen-bond acceptors (Lipinski definition) is 3. The molecule has 0 aliphatic rings. The van der Waals surface area contributed by atoms with Crippen LogP contribution in [-0.2, 0) is 11.8 Å². The van der Waals surface area contributed by atoms with Gasteiger partial charge in [-0.1, -0.05) is 6.92 Å². The number of anilines is 1. The highest BCUT2D eigenvalue weighted by molar-refractivity contribution is 5.76. The van der Waals surface area contributed by atoms with Crippen molar-refractivity contribution in [1.29, 1.82) is 0 Å². The molecule has 0 saturated heterocycles. The van der Waals surface area contributed by atoms with Crippen LogP contribution < -0.4 is 5.32 Å². The van der Waals surface area contributed by atoms with E-state index in [1.807, 2.05) is 6.92 Å². The van der Waals surface area contributed by atoms with Gasteiger partial charge < -0.3 is 10.4 Å². The topological polar surface area (TPSA) is 67.2 Å². The lowest BCUT2D eigenvalue weighted by atomic mass is 10.2. The average molecular weight is 183 g/mol. The molecule has 1 atom stereocenters. The Labute approximate surface area is 76.4 Å². The Morgan fingerprint density at radius 2 is 2.54 bits per heavy atom. The summed E-state index contributed by atoms with van der Waals surface area (Å²) in [5, 5.41) is 15.6. The third-order valence-corrected chi connectivity index (χ3v) is 1.85. The number of nitrogens with zero attached hydrogens (tertiary/aromatic N) is 2. The molecular weight excluding hydrogens is 170 g/mol. The minimum Gasteiger partial charge on any atom is -0.480 e. The predicted molar refractivity (Wildman–Crippen MR) is 48.5 cm³/mol. The third-order valence-electron chi connectivity index (χ3n) is 1.85. The lowest BCUT2D eigenvalue weighted by molar-refractivity contribution is -0.137. The monoisotopic (exact) mass is 183 g/mol. The summed E-state index contributed by atoms with van der Waals surface area (Å²) in [6.45, 7) is 1.82. The van der Waals surface area contributed by atoms with Gasteiger partial charge in [0.1, 0.15) is 11.9 Å². The van der Waals surface area contributed by atoms with E-state index < -0.39 is 12.0 Å². The van der Waals surface area contributed by atoms with Crippen molar-refractivity contribution in [3.63, 3.8) is 0 Å². The largest absolute Gasteiger partial charge is 0.480 e. The molecule has 0 spiro atoms. The third kappa shape index (κ3) is 2.21. The summed E-state index contributed by atoms with van der Waals surface area (Å²) in [5.41, 5.74) is 0. The summed E-state index contributed by atoms with van der Waals surface area (Å²) < 4.78 is 1.60. The zero-order chi connectivity index (χ0) is 9.84. The van der Waals surface area contributed by atoms with Gasteiger partial charge in [0.2, 0.25) is 0 Å². The van der Waals surface area contributed by atoms with Gasteiger partial charge in [-0.2, -0.15) is 5.10 Å². The molecule has 13 heavy (non-hydrogen) atoms. The van der Waals surface area contributed by atoms with E-state index in [1.54, 1.807) is 24.0 Å². The van der Waals surface area contributed by atoms with Crippen molar-refractivity contribution in [2.75, 3.05) is 5.32 Å². The zero-order valence-electron chi connectivity index (χ0n) is 7.69. The molecule has 1 rings (SSSR count). The number of hydrogen-bond donors (Lipinski definition) is 2. The quantitative estimate of drug-likeness (QED) is 0.720. The van der Waals surface area contributed by atoms with Gasteiger partial charge in [0.05, 0.1) is 6.20 Å². The SMILES string of the molecule is CCC(Nc1ccnn1C)C(=O)O. The van der Waals surface area contributed by atoms with Crippen LogP contribution in [0.1, 0.15) is 13.3 Å². The second-order valence-corrected chi connectivity index (χ2v) is 2.78. The Morgan fingerprint density at radius 3 is 2.92 bits per heavy atom. The van der Waals surface area contributed by atoms with Gasteiger partial charge in [0.25, 0.3) is 0 Å². The number of aromatic nitrogens is 2. The first-order valence-electron chi connectivity index (χ1n) is 4.12. The van der Waals surface area contributed by atoms with Crippen LogP contribution in [0.5, 0.6) is 0 Å². The van der Waals surface area contributed by atoms with E-state index in [9.17, 15) is 4.79 Å². The Balaban J connectivity index is 2.67. The molecule has 0 fully saturated rings. The summed E-state index contributed by atoms with van der Waals surface area (Å²) in [5.74, 6) is -0.127. The van der Waals surface area contributed by atoms with E-state index in [0.29, 0.717) is 12.2 Å². The lowest BCUT2D eigenvalue weighted by Crippen LogP contribution is -2.29. The number of aryl methyl sites for hydroxylation is 1. The lowest BCUT2D eigenvalue weighted by Gasteiger charge is -2.12. The smallest absolute Gasteiger partial charge is 0.326 e. The van der Waals surface area contributed by atoms with E-state index >= 15 is 0 Å². The molecule has 5 heteroatoms. The minimum atomic E-state index is -0.844. The fraction of sp³-hybridized carbons (Fsp3) is 0.500. The first kappa shape index (κ1) is 9.57. The molecule has 0 amide bonds. The van der Waals surface area contributed by atoms with Gasteiger partial charge in [-0.25, -0.2) is 4.79 Å². The molecule has 1 aromatic rings. The number of nitrogens with one attached hydrogen (secondary N) is 1. The first-order valence-corrected chi connectivity index (χ1v) is 4.12. The van der Waals surface area contributed by atoms with Crippen LogP contribution in [-0.4, -0.2) is 26.9 Å². The highest BCUT2D eigenvalue weighted by atomic mass is 16.4. The molecule has 0 aliphatic carbocycles. The van der Waals surface area contributed by atoms with Crippen LogP contribution in [0.3, 0.4) is 0 Å². The second kappa shape index (κ2) is 3.93. The van der Waals surface area contributed by atoms with Gasteiger partial charge in [0.15, 0.2) is 0 Å². The van der Waals surface area contributed by atoms with Crippen molar-refractivity contribution in [3.8, 4) is 0 Å². The van der Waals surface area contributed by atoms with Gasteiger partial charge in [0, 0.05) is 13.1 Å². The number of carbonyl (C=O) groups is 1. The fourth-order valence-corrected chi connectivity index (χ4v) is 1.03. The van der Waals surface area contributed by atoms with E-state index in [0.717, 1.165) is 0 Å². The molecule has 2 N–H and O–H groups in total. The number of rotatable bonds is 4. The maximum atomic E-state index is 10.7. The summed E-state index contributed by atoms with van der Waals surface area (Å²) in [6.07, 6.45) is 2.16. The maximum Gasteiger partial charge on any atom is 0.326 e. The standard InChI is InChI=1S/C8H13N3O2/c1-3-6(8(12)13)10-7-4-5-9-11(7)2/h4-6,10H,3H2,1-2H3,(H,12,13). The van der Waals surface area contributed by atoms with Gasteiger partial charge >= 0.3 is 5.97 Å². The van der Waals surface area contributed by atoms with Crippen LogP contribution >= 0.6 is 0 Å². The Hall–Kier alpha value is -1.52. The Bertz CT molecular complexity index is 295. The molecule has 0 radical (unpaired) electrons. The zero-order valence-corrected chi connectivity index (χ0v) is 7.69. The predicted octanol–water partition coefficient (Wildman–Crippen LogP) is 0.695.